The van der Waals surface area contributed by atoms with Crippen LogP contribution in [0.3, 0.4) is 0 Å². The van der Waals surface area contributed by atoms with Crippen molar-refractivity contribution in [3.63, 3.8) is 0 Å². The third-order valence-corrected chi connectivity index (χ3v) is 6.21. The van der Waals surface area contributed by atoms with Gasteiger partial charge in [0.05, 0.1) is 12.4 Å². The molecule has 2 aromatic rings. The molecule has 0 radical (unpaired) electrons. The molecule has 1 atom stereocenters. The Kier molecular flexibility index (Phi) is 6.19. The second-order valence-corrected chi connectivity index (χ2v) is 9.12. The van der Waals surface area contributed by atoms with Crippen LogP contribution in [0.5, 0.6) is 5.75 Å². The highest BCUT2D eigenvalue weighted by Crippen LogP contribution is 2.28. The molecule has 1 aliphatic heterocycles. The van der Waals surface area contributed by atoms with E-state index in [1.807, 2.05) is 44.2 Å². The number of hydrogen-bond donors (Lipinski definition) is 2. The van der Waals surface area contributed by atoms with E-state index < -0.39 is 10.0 Å². The lowest BCUT2D eigenvalue weighted by Gasteiger charge is -2.17. The Balaban J connectivity index is 1.67. The zero-order valence-electron chi connectivity index (χ0n) is 16.2. The molecule has 27 heavy (non-hydrogen) atoms. The van der Waals surface area contributed by atoms with Gasteiger partial charge in [0.1, 0.15) is 5.75 Å². The van der Waals surface area contributed by atoms with Gasteiger partial charge in [-0.2, -0.15) is 0 Å². The smallest absolute Gasteiger partial charge is 0.216 e. The van der Waals surface area contributed by atoms with Crippen LogP contribution in [-0.2, 0) is 28.7 Å². The van der Waals surface area contributed by atoms with Crippen LogP contribution in [0, 0.1) is 0 Å². The highest BCUT2D eigenvalue weighted by molar-refractivity contribution is 7.88. The summed E-state index contributed by atoms with van der Waals surface area (Å²) in [6.07, 6.45) is 0.958. The fraction of sp³-hybridized carbons (Fsp3) is 0.429. The zero-order valence-corrected chi connectivity index (χ0v) is 17.0. The van der Waals surface area contributed by atoms with Crippen molar-refractivity contribution in [3.05, 3.63) is 64.7 Å². The van der Waals surface area contributed by atoms with Gasteiger partial charge in [0.2, 0.25) is 10.0 Å². The second kappa shape index (κ2) is 8.42. The summed E-state index contributed by atoms with van der Waals surface area (Å²) >= 11 is 0. The van der Waals surface area contributed by atoms with Crippen molar-refractivity contribution in [1.29, 1.82) is 0 Å². The average Bonchev–Trinajstić information content (AvgIpc) is 3.06. The number of nitrogens with one attached hydrogen (secondary N) is 2. The van der Waals surface area contributed by atoms with E-state index in [0.29, 0.717) is 6.54 Å². The summed E-state index contributed by atoms with van der Waals surface area (Å²) in [4.78, 5) is 0. The molecule has 1 heterocycles. The van der Waals surface area contributed by atoms with Gasteiger partial charge in [-0.15, -0.1) is 0 Å². The number of sulfonamides is 1. The first kappa shape index (κ1) is 19.9. The summed E-state index contributed by atoms with van der Waals surface area (Å²) in [5.74, 6) is 0.979. The van der Waals surface area contributed by atoms with E-state index in [9.17, 15) is 8.42 Å². The lowest BCUT2D eigenvalue weighted by molar-refractivity contribution is 0.356. The molecule has 1 aliphatic rings. The van der Waals surface area contributed by atoms with Crippen molar-refractivity contribution in [2.75, 3.05) is 6.61 Å². The highest BCUT2D eigenvalue weighted by atomic mass is 32.2. The first-order valence-electron chi connectivity index (χ1n) is 9.40. The number of benzene rings is 2. The minimum absolute atomic E-state index is 0.00635. The molecule has 0 fully saturated rings. The van der Waals surface area contributed by atoms with E-state index in [-0.39, 0.29) is 17.8 Å². The molecule has 6 heteroatoms. The number of rotatable bonds is 8. The van der Waals surface area contributed by atoms with Crippen LogP contribution in [-0.4, -0.2) is 21.1 Å². The van der Waals surface area contributed by atoms with Crippen LogP contribution < -0.4 is 14.8 Å². The Morgan fingerprint density at radius 2 is 1.81 bits per heavy atom. The van der Waals surface area contributed by atoms with Crippen molar-refractivity contribution < 1.29 is 13.2 Å². The molecule has 0 bridgehead atoms. The fourth-order valence-corrected chi connectivity index (χ4v) is 4.83. The van der Waals surface area contributed by atoms with E-state index in [0.717, 1.165) is 29.9 Å². The molecule has 2 aromatic carbocycles. The van der Waals surface area contributed by atoms with Crippen LogP contribution in [0.1, 0.15) is 49.1 Å². The highest BCUT2D eigenvalue weighted by Gasteiger charge is 2.17. The Labute approximate surface area is 162 Å². The average molecular weight is 389 g/mol. The molecule has 0 aliphatic carbocycles. The third-order valence-electron chi connectivity index (χ3n) is 4.69. The summed E-state index contributed by atoms with van der Waals surface area (Å²) in [6, 6.07) is 14.1. The Morgan fingerprint density at radius 1 is 1.07 bits per heavy atom. The molecule has 0 spiro atoms. The molecule has 0 saturated heterocycles. The first-order valence-corrected chi connectivity index (χ1v) is 11.0. The van der Waals surface area contributed by atoms with Gasteiger partial charge in [-0.1, -0.05) is 36.4 Å². The fourth-order valence-electron chi connectivity index (χ4n) is 3.33. The summed E-state index contributed by atoms with van der Waals surface area (Å²) in [5.41, 5.74) is 4.30. The van der Waals surface area contributed by atoms with Gasteiger partial charge in [0, 0.05) is 25.0 Å². The Hall–Kier alpha value is -1.89. The van der Waals surface area contributed by atoms with Gasteiger partial charge in [-0.3, -0.25) is 0 Å². The van der Waals surface area contributed by atoms with E-state index in [4.69, 9.17) is 4.74 Å². The number of fused-ring (bicyclic) bond motifs is 1. The maximum Gasteiger partial charge on any atom is 0.216 e. The second-order valence-electron chi connectivity index (χ2n) is 7.37. The maximum absolute atomic E-state index is 12.3. The van der Waals surface area contributed by atoms with Crippen LogP contribution in [0.15, 0.2) is 42.5 Å². The first-order chi connectivity index (χ1) is 12.8. The third kappa shape index (κ3) is 5.31. The van der Waals surface area contributed by atoms with Gasteiger partial charge in [0.25, 0.3) is 0 Å². The van der Waals surface area contributed by atoms with Crippen molar-refractivity contribution in [2.45, 2.75) is 51.6 Å². The molecule has 5 nitrogen and oxygen atoms in total. The molecule has 0 aromatic heterocycles. The van der Waals surface area contributed by atoms with E-state index in [1.54, 1.807) is 0 Å². The van der Waals surface area contributed by atoms with Crippen LogP contribution in [0.25, 0.3) is 0 Å². The normalized spacial score (nSPS) is 14.8. The minimum atomic E-state index is -3.35. The number of hydrogen-bond acceptors (Lipinski definition) is 4. The lowest BCUT2D eigenvalue weighted by Crippen LogP contribution is -2.31. The SMILES string of the molecule is CC(C)NS(=O)(=O)Cc1ccccc1CNC(C)c1ccc2c(c1)CCO2. The summed E-state index contributed by atoms with van der Waals surface area (Å²) < 4.78 is 32.8. The molecular weight excluding hydrogens is 360 g/mol. The van der Waals surface area contributed by atoms with Gasteiger partial charge < -0.3 is 10.1 Å². The van der Waals surface area contributed by atoms with E-state index in [2.05, 4.69) is 29.1 Å². The van der Waals surface area contributed by atoms with E-state index in [1.165, 1.54) is 11.1 Å². The van der Waals surface area contributed by atoms with Gasteiger partial charge in [0.15, 0.2) is 0 Å². The Morgan fingerprint density at radius 3 is 2.56 bits per heavy atom. The largest absolute Gasteiger partial charge is 0.493 e. The minimum Gasteiger partial charge on any atom is -0.493 e. The van der Waals surface area contributed by atoms with Crippen molar-refractivity contribution in [2.24, 2.45) is 0 Å². The quantitative estimate of drug-likeness (QED) is 0.728. The lowest BCUT2D eigenvalue weighted by atomic mass is 10.0. The van der Waals surface area contributed by atoms with Crippen molar-refractivity contribution in [3.8, 4) is 5.75 Å². The Bertz CT molecular complexity index is 894. The van der Waals surface area contributed by atoms with E-state index >= 15 is 0 Å². The monoisotopic (exact) mass is 388 g/mol. The molecule has 146 valence electrons. The topological polar surface area (TPSA) is 67.4 Å². The number of ether oxygens (including phenoxy) is 1. The van der Waals surface area contributed by atoms with Crippen LogP contribution in [0.4, 0.5) is 0 Å². The summed E-state index contributed by atoms with van der Waals surface area (Å²) in [7, 11) is -3.35. The van der Waals surface area contributed by atoms with Gasteiger partial charge >= 0.3 is 0 Å². The van der Waals surface area contributed by atoms with Gasteiger partial charge in [-0.25, -0.2) is 13.1 Å². The maximum atomic E-state index is 12.3. The van der Waals surface area contributed by atoms with Gasteiger partial charge in [-0.05, 0) is 49.1 Å². The molecule has 2 N–H and O–H groups in total. The zero-order chi connectivity index (χ0) is 19.4. The molecule has 0 saturated carbocycles. The summed E-state index contributed by atoms with van der Waals surface area (Å²) in [5, 5.41) is 3.52. The molecular formula is C21H28N2O3S. The predicted octanol–water partition coefficient (Wildman–Crippen LogP) is 3.30. The van der Waals surface area contributed by atoms with Crippen LogP contribution >= 0.6 is 0 Å². The standard InChI is InChI=1S/C21H28N2O3S/c1-15(2)23-27(24,25)14-20-7-5-4-6-19(20)13-22-16(3)17-8-9-21-18(12-17)10-11-26-21/h4-9,12,15-16,22-23H,10-11,13-14H2,1-3H3. The van der Waals surface area contributed by atoms with Crippen molar-refractivity contribution >= 4 is 10.0 Å². The molecule has 0 amide bonds. The van der Waals surface area contributed by atoms with Crippen LogP contribution in [0.2, 0.25) is 0 Å². The van der Waals surface area contributed by atoms with Crippen molar-refractivity contribution in [1.82, 2.24) is 10.0 Å². The predicted molar refractivity (Wildman–Crippen MR) is 108 cm³/mol. The molecule has 3 rings (SSSR count). The summed E-state index contributed by atoms with van der Waals surface area (Å²) in [6.45, 7) is 7.15. The molecule has 1 unspecified atom stereocenters.